The van der Waals surface area contributed by atoms with Crippen LogP contribution in [-0.4, -0.2) is 23.4 Å². The number of aliphatic hydroxyl groups excluding tert-OH is 1. The minimum Gasteiger partial charge on any atom is -0.390 e. The van der Waals surface area contributed by atoms with Crippen molar-refractivity contribution in [3.63, 3.8) is 0 Å². The van der Waals surface area contributed by atoms with Gasteiger partial charge in [0.15, 0.2) is 0 Å². The Labute approximate surface area is 124 Å². The van der Waals surface area contributed by atoms with Crippen LogP contribution in [0.25, 0.3) is 0 Å². The number of rotatable bonds is 5. The van der Waals surface area contributed by atoms with E-state index in [2.05, 4.69) is 0 Å². The molecule has 1 atom stereocenters. The molecule has 19 heavy (non-hydrogen) atoms. The van der Waals surface area contributed by atoms with Crippen LogP contribution >= 0.6 is 22.9 Å². The van der Waals surface area contributed by atoms with E-state index in [4.69, 9.17) is 16.3 Å². The molecule has 0 saturated heterocycles. The highest BCUT2D eigenvalue weighted by molar-refractivity contribution is 7.16. The summed E-state index contributed by atoms with van der Waals surface area (Å²) in [4.78, 5) is 1.14. The largest absolute Gasteiger partial charge is 0.390 e. The summed E-state index contributed by atoms with van der Waals surface area (Å²) in [5.74, 6) is 0. The second kappa shape index (κ2) is 7.07. The summed E-state index contributed by atoms with van der Waals surface area (Å²) in [6.45, 7) is 2.68. The maximum Gasteiger partial charge on any atom is 0.0943 e. The van der Waals surface area contributed by atoms with Crippen LogP contribution in [0.15, 0.2) is 12.1 Å². The Balaban J connectivity index is 2.08. The van der Waals surface area contributed by atoms with Gasteiger partial charge in [0.1, 0.15) is 0 Å². The smallest absolute Gasteiger partial charge is 0.0943 e. The van der Waals surface area contributed by atoms with Gasteiger partial charge < -0.3 is 9.84 Å². The first-order valence-corrected chi connectivity index (χ1v) is 8.42. The molecule has 1 unspecified atom stereocenters. The summed E-state index contributed by atoms with van der Waals surface area (Å²) in [6.07, 6.45) is 6.99. The standard InChI is InChI=1S/C15H23ClO2S/c1-2-18-15(9-5-3-4-6-10-15)13(17)11-12-7-8-14(16)19-12/h7-8,13,17H,2-6,9-11H2,1H3. The zero-order valence-corrected chi connectivity index (χ0v) is 13.1. The molecule has 1 heterocycles. The maximum absolute atomic E-state index is 10.7. The first-order valence-electron chi connectivity index (χ1n) is 7.22. The van der Waals surface area contributed by atoms with E-state index in [0.29, 0.717) is 13.0 Å². The van der Waals surface area contributed by atoms with Gasteiger partial charge >= 0.3 is 0 Å². The van der Waals surface area contributed by atoms with Gasteiger partial charge in [-0.15, -0.1) is 11.3 Å². The molecule has 1 aliphatic rings. The second-order valence-corrected chi connectivity index (χ2v) is 7.14. The summed E-state index contributed by atoms with van der Waals surface area (Å²) in [5.41, 5.74) is -0.346. The minimum absolute atomic E-state index is 0.346. The molecule has 0 bridgehead atoms. The third-order valence-corrected chi connectivity index (χ3v) is 5.27. The van der Waals surface area contributed by atoms with E-state index in [0.717, 1.165) is 34.9 Å². The van der Waals surface area contributed by atoms with Crippen molar-refractivity contribution in [3.8, 4) is 0 Å². The number of ether oxygens (including phenoxy) is 1. The van der Waals surface area contributed by atoms with Crippen molar-refractivity contribution in [2.75, 3.05) is 6.61 Å². The number of thiophene rings is 1. The summed E-state index contributed by atoms with van der Waals surface area (Å²) in [7, 11) is 0. The molecule has 0 amide bonds. The molecule has 0 radical (unpaired) electrons. The van der Waals surface area contributed by atoms with Crippen LogP contribution in [0.4, 0.5) is 0 Å². The molecule has 0 aliphatic heterocycles. The van der Waals surface area contributed by atoms with Crippen LogP contribution in [0.5, 0.6) is 0 Å². The molecule has 0 spiro atoms. The molecule has 1 saturated carbocycles. The molecular weight excluding hydrogens is 280 g/mol. The number of aliphatic hydroxyl groups is 1. The Morgan fingerprint density at radius 2 is 2.00 bits per heavy atom. The average molecular weight is 303 g/mol. The van der Waals surface area contributed by atoms with Gasteiger partial charge in [0.2, 0.25) is 0 Å². The molecule has 1 N–H and O–H groups in total. The van der Waals surface area contributed by atoms with E-state index in [9.17, 15) is 5.11 Å². The molecule has 2 rings (SSSR count). The van der Waals surface area contributed by atoms with Crippen molar-refractivity contribution in [3.05, 3.63) is 21.3 Å². The maximum atomic E-state index is 10.7. The number of halogens is 1. The molecule has 1 aliphatic carbocycles. The van der Waals surface area contributed by atoms with Gasteiger partial charge in [-0.05, 0) is 31.9 Å². The molecule has 108 valence electrons. The third kappa shape index (κ3) is 3.94. The van der Waals surface area contributed by atoms with Gasteiger partial charge in [0.05, 0.1) is 16.0 Å². The topological polar surface area (TPSA) is 29.5 Å². The Bertz CT molecular complexity index is 383. The zero-order valence-electron chi connectivity index (χ0n) is 11.5. The molecule has 1 aromatic heterocycles. The van der Waals surface area contributed by atoms with Gasteiger partial charge in [-0.25, -0.2) is 0 Å². The molecule has 4 heteroatoms. The van der Waals surface area contributed by atoms with E-state index in [1.165, 1.54) is 12.8 Å². The Kier molecular flexibility index (Phi) is 5.70. The summed E-state index contributed by atoms with van der Waals surface area (Å²) < 4.78 is 6.80. The van der Waals surface area contributed by atoms with Gasteiger partial charge in [-0.2, -0.15) is 0 Å². The van der Waals surface area contributed by atoms with Crippen molar-refractivity contribution in [1.82, 2.24) is 0 Å². The van der Waals surface area contributed by atoms with Crippen molar-refractivity contribution < 1.29 is 9.84 Å². The van der Waals surface area contributed by atoms with E-state index in [-0.39, 0.29) is 5.60 Å². The van der Waals surface area contributed by atoms with Crippen molar-refractivity contribution in [2.45, 2.75) is 63.6 Å². The molecule has 0 aromatic carbocycles. The van der Waals surface area contributed by atoms with Crippen molar-refractivity contribution in [1.29, 1.82) is 0 Å². The normalized spacial score (nSPS) is 21.0. The van der Waals surface area contributed by atoms with Crippen LogP contribution in [0.2, 0.25) is 4.34 Å². The first kappa shape index (κ1) is 15.3. The highest BCUT2D eigenvalue weighted by Gasteiger charge is 2.38. The van der Waals surface area contributed by atoms with Gasteiger partial charge in [-0.1, -0.05) is 37.3 Å². The fraction of sp³-hybridized carbons (Fsp3) is 0.733. The molecule has 1 fully saturated rings. The highest BCUT2D eigenvalue weighted by Crippen LogP contribution is 2.36. The fourth-order valence-corrected chi connectivity index (χ4v) is 4.15. The SMILES string of the molecule is CCOC1(C(O)Cc2ccc(Cl)s2)CCCCCC1. The zero-order chi connectivity index (χ0) is 13.7. The van der Waals surface area contributed by atoms with E-state index < -0.39 is 6.10 Å². The summed E-state index contributed by atoms with van der Waals surface area (Å²) >= 11 is 7.51. The third-order valence-electron chi connectivity index (χ3n) is 4.01. The Morgan fingerprint density at radius 3 is 2.53 bits per heavy atom. The van der Waals surface area contributed by atoms with E-state index in [1.807, 2.05) is 19.1 Å². The summed E-state index contributed by atoms with van der Waals surface area (Å²) in [5, 5.41) is 10.7. The Morgan fingerprint density at radius 1 is 1.32 bits per heavy atom. The van der Waals surface area contributed by atoms with Crippen LogP contribution in [0, 0.1) is 0 Å². The van der Waals surface area contributed by atoms with Crippen LogP contribution in [0.1, 0.15) is 50.3 Å². The molecule has 1 aromatic rings. The minimum atomic E-state index is -0.430. The van der Waals surface area contributed by atoms with E-state index in [1.54, 1.807) is 11.3 Å². The average Bonchev–Trinajstić information content (AvgIpc) is 2.65. The lowest BCUT2D eigenvalue weighted by molar-refractivity contribution is -0.128. The van der Waals surface area contributed by atoms with Gasteiger partial charge in [0, 0.05) is 17.9 Å². The van der Waals surface area contributed by atoms with Crippen molar-refractivity contribution in [2.24, 2.45) is 0 Å². The number of hydrogen-bond donors (Lipinski definition) is 1. The van der Waals surface area contributed by atoms with Crippen LogP contribution in [-0.2, 0) is 11.2 Å². The van der Waals surface area contributed by atoms with E-state index >= 15 is 0 Å². The molecule has 2 nitrogen and oxygen atoms in total. The second-order valence-electron chi connectivity index (χ2n) is 5.34. The van der Waals surface area contributed by atoms with Crippen LogP contribution < -0.4 is 0 Å². The number of hydrogen-bond acceptors (Lipinski definition) is 3. The molecular formula is C15H23ClO2S. The summed E-state index contributed by atoms with van der Waals surface area (Å²) in [6, 6.07) is 3.90. The Hall–Kier alpha value is -0.0900. The van der Waals surface area contributed by atoms with Gasteiger partial charge in [-0.3, -0.25) is 0 Å². The quantitative estimate of drug-likeness (QED) is 0.815. The highest BCUT2D eigenvalue weighted by atomic mass is 35.5. The predicted molar refractivity (Wildman–Crippen MR) is 81.1 cm³/mol. The monoisotopic (exact) mass is 302 g/mol. The lowest BCUT2D eigenvalue weighted by atomic mass is 9.86. The van der Waals surface area contributed by atoms with Gasteiger partial charge in [0.25, 0.3) is 0 Å². The lowest BCUT2D eigenvalue weighted by Crippen LogP contribution is -2.45. The van der Waals surface area contributed by atoms with Crippen LogP contribution in [0.3, 0.4) is 0 Å². The fourth-order valence-electron chi connectivity index (χ4n) is 3.03. The first-order chi connectivity index (χ1) is 9.16. The van der Waals surface area contributed by atoms with Crippen molar-refractivity contribution >= 4 is 22.9 Å². The lowest BCUT2D eigenvalue weighted by Gasteiger charge is -2.37. The predicted octanol–water partition coefficient (Wildman–Crippen LogP) is 4.43.